The van der Waals surface area contributed by atoms with E-state index in [-0.39, 0.29) is 5.54 Å². The van der Waals surface area contributed by atoms with E-state index in [1.54, 1.807) is 11.3 Å². The summed E-state index contributed by atoms with van der Waals surface area (Å²) in [6.07, 6.45) is 10.7. The van der Waals surface area contributed by atoms with Crippen LogP contribution in [-0.2, 0) is 17.9 Å². The van der Waals surface area contributed by atoms with Crippen molar-refractivity contribution in [2.24, 2.45) is 0 Å². The highest BCUT2D eigenvalue weighted by atomic mass is 32.1. The van der Waals surface area contributed by atoms with E-state index >= 15 is 0 Å². The molecule has 2 saturated heterocycles. The van der Waals surface area contributed by atoms with Crippen LogP contribution in [0, 0.1) is 0 Å². The van der Waals surface area contributed by atoms with E-state index in [9.17, 15) is 4.79 Å². The molecule has 2 aromatic heterocycles. The van der Waals surface area contributed by atoms with Gasteiger partial charge in [0, 0.05) is 48.5 Å². The second kappa shape index (κ2) is 7.22. The summed E-state index contributed by atoms with van der Waals surface area (Å²) in [5.41, 5.74) is 3.17. The Balaban J connectivity index is 1.45. The second-order valence-electron chi connectivity index (χ2n) is 7.16. The van der Waals surface area contributed by atoms with Crippen LogP contribution in [0.25, 0.3) is 0 Å². The average molecular weight is 356 g/mol. The maximum Gasteiger partial charge on any atom is 0.223 e. The lowest BCUT2D eigenvalue weighted by Gasteiger charge is -2.38. The van der Waals surface area contributed by atoms with Crippen LogP contribution in [0.3, 0.4) is 0 Å². The van der Waals surface area contributed by atoms with Crippen LogP contribution < -0.4 is 0 Å². The molecule has 1 spiro atoms. The van der Waals surface area contributed by atoms with Gasteiger partial charge >= 0.3 is 0 Å². The number of rotatable bonds is 4. The summed E-state index contributed by atoms with van der Waals surface area (Å²) in [6, 6.07) is 4.14. The molecule has 2 aliphatic rings. The Kier molecular flexibility index (Phi) is 4.81. The molecule has 0 aromatic carbocycles. The van der Waals surface area contributed by atoms with Gasteiger partial charge in [0.05, 0.1) is 12.1 Å². The number of likely N-dealkylation sites (tertiary alicyclic amines) is 2. The number of hydrogen-bond acceptors (Lipinski definition) is 5. The molecule has 1 unspecified atom stereocenters. The van der Waals surface area contributed by atoms with Gasteiger partial charge in [-0.3, -0.25) is 19.7 Å². The third-order valence-electron chi connectivity index (χ3n) is 5.61. The standard InChI is InChI=1S/C19H24N4OS/c24-18-4-6-19(23(18)14-17-12-21-15-25-17)5-2-9-22(10-7-19)13-16-3-1-8-20-11-16/h1,3,8,11-12,15H,2,4-7,9-10,13-14H2. The minimum atomic E-state index is 0.0464. The van der Waals surface area contributed by atoms with Gasteiger partial charge in [0.25, 0.3) is 0 Å². The Bertz CT molecular complexity index is 705. The molecule has 5 nitrogen and oxygen atoms in total. The van der Waals surface area contributed by atoms with Gasteiger partial charge in [-0.1, -0.05) is 6.07 Å². The smallest absolute Gasteiger partial charge is 0.223 e. The van der Waals surface area contributed by atoms with E-state index in [0.717, 1.165) is 51.9 Å². The molecule has 0 radical (unpaired) electrons. The van der Waals surface area contributed by atoms with Crippen molar-refractivity contribution in [3.05, 3.63) is 46.7 Å². The molecule has 4 heterocycles. The van der Waals surface area contributed by atoms with E-state index in [1.807, 2.05) is 30.2 Å². The Hall–Kier alpha value is -1.79. The molecule has 1 amide bonds. The molecule has 1 atom stereocenters. The number of aromatic nitrogens is 2. The first kappa shape index (κ1) is 16.7. The number of amides is 1. The normalized spacial score (nSPS) is 24.8. The van der Waals surface area contributed by atoms with Gasteiger partial charge in [0.2, 0.25) is 5.91 Å². The monoisotopic (exact) mass is 356 g/mol. The average Bonchev–Trinajstić information content (AvgIpc) is 3.19. The lowest BCUT2D eigenvalue weighted by Crippen LogP contribution is -2.45. The summed E-state index contributed by atoms with van der Waals surface area (Å²) in [6.45, 7) is 3.82. The summed E-state index contributed by atoms with van der Waals surface area (Å²) in [7, 11) is 0. The third-order valence-corrected chi connectivity index (χ3v) is 6.38. The topological polar surface area (TPSA) is 49.3 Å². The lowest BCUT2D eigenvalue weighted by molar-refractivity contribution is -0.132. The fourth-order valence-electron chi connectivity index (χ4n) is 4.27. The van der Waals surface area contributed by atoms with Crippen LogP contribution in [-0.4, -0.2) is 44.3 Å². The van der Waals surface area contributed by atoms with Gasteiger partial charge in [-0.15, -0.1) is 11.3 Å². The minimum absolute atomic E-state index is 0.0464. The van der Waals surface area contributed by atoms with Crippen molar-refractivity contribution in [1.82, 2.24) is 19.8 Å². The van der Waals surface area contributed by atoms with E-state index in [4.69, 9.17) is 0 Å². The van der Waals surface area contributed by atoms with Crippen molar-refractivity contribution in [3.8, 4) is 0 Å². The van der Waals surface area contributed by atoms with Crippen molar-refractivity contribution in [3.63, 3.8) is 0 Å². The van der Waals surface area contributed by atoms with Gasteiger partial charge in [-0.2, -0.15) is 0 Å². The highest BCUT2D eigenvalue weighted by molar-refractivity contribution is 7.09. The van der Waals surface area contributed by atoms with Crippen molar-refractivity contribution in [1.29, 1.82) is 0 Å². The summed E-state index contributed by atoms with van der Waals surface area (Å²) in [4.78, 5) is 26.8. The van der Waals surface area contributed by atoms with Gasteiger partial charge in [0.15, 0.2) is 0 Å². The Labute approximate surface area is 152 Å². The molecule has 0 N–H and O–H groups in total. The largest absolute Gasteiger partial charge is 0.332 e. The molecule has 0 saturated carbocycles. The third kappa shape index (κ3) is 3.60. The first-order chi connectivity index (χ1) is 12.3. The fourth-order valence-corrected chi connectivity index (χ4v) is 4.85. The second-order valence-corrected chi connectivity index (χ2v) is 8.13. The maximum atomic E-state index is 12.5. The van der Waals surface area contributed by atoms with Crippen LogP contribution in [0.2, 0.25) is 0 Å². The zero-order valence-corrected chi connectivity index (χ0v) is 15.2. The summed E-state index contributed by atoms with van der Waals surface area (Å²) in [5.74, 6) is 0.314. The quantitative estimate of drug-likeness (QED) is 0.845. The molecule has 0 aliphatic carbocycles. The summed E-state index contributed by atoms with van der Waals surface area (Å²) in [5, 5.41) is 0. The molecule has 2 aliphatic heterocycles. The molecule has 6 heteroatoms. The molecule has 0 bridgehead atoms. The van der Waals surface area contributed by atoms with Crippen molar-refractivity contribution in [2.45, 2.75) is 50.7 Å². The van der Waals surface area contributed by atoms with Gasteiger partial charge < -0.3 is 4.90 Å². The first-order valence-electron chi connectivity index (χ1n) is 9.04. The van der Waals surface area contributed by atoms with Gasteiger partial charge in [-0.25, -0.2) is 0 Å². The minimum Gasteiger partial charge on any atom is -0.332 e. The molecule has 2 aromatic rings. The molecule has 2 fully saturated rings. The van der Waals surface area contributed by atoms with Gasteiger partial charge in [-0.05, 0) is 43.9 Å². The SMILES string of the molecule is O=C1CCC2(CCCN(Cc3cccnc3)CC2)N1Cc1cncs1. The van der Waals surface area contributed by atoms with Gasteiger partial charge in [0.1, 0.15) is 0 Å². The molecular weight excluding hydrogens is 332 g/mol. The van der Waals surface area contributed by atoms with Crippen molar-refractivity contribution >= 4 is 17.2 Å². The van der Waals surface area contributed by atoms with E-state index < -0.39 is 0 Å². The van der Waals surface area contributed by atoms with Crippen LogP contribution >= 0.6 is 11.3 Å². The molecule has 132 valence electrons. The Morgan fingerprint density at radius 1 is 1.12 bits per heavy atom. The van der Waals surface area contributed by atoms with Crippen LogP contribution in [0.1, 0.15) is 42.5 Å². The molecular formula is C19H24N4OS. The predicted octanol–water partition coefficient (Wildman–Crippen LogP) is 3.09. The first-order valence-corrected chi connectivity index (χ1v) is 9.92. The predicted molar refractivity (Wildman–Crippen MR) is 98.0 cm³/mol. The van der Waals surface area contributed by atoms with E-state index in [1.165, 1.54) is 10.4 Å². The van der Waals surface area contributed by atoms with Crippen LogP contribution in [0.15, 0.2) is 36.2 Å². The highest BCUT2D eigenvalue weighted by Crippen LogP contribution is 2.40. The zero-order valence-electron chi connectivity index (χ0n) is 14.4. The Morgan fingerprint density at radius 2 is 2.08 bits per heavy atom. The fraction of sp³-hybridized carbons (Fsp3) is 0.526. The van der Waals surface area contributed by atoms with Crippen molar-refractivity contribution in [2.75, 3.05) is 13.1 Å². The Morgan fingerprint density at radius 3 is 2.88 bits per heavy atom. The lowest BCUT2D eigenvalue weighted by atomic mass is 9.87. The van der Waals surface area contributed by atoms with E-state index in [0.29, 0.717) is 12.3 Å². The number of carbonyl (C=O) groups is 1. The molecule has 25 heavy (non-hydrogen) atoms. The summed E-state index contributed by atoms with van der Waals surface area (Å²) < 4.78 is 0. The number of hydrogen-bond donors (Lipinski definition) is 0. The number of carbonyl (C=O) groups excluding carboxylic acids is 1. The van der Waals surface area contributed by atoms with E-state index in [2.05, 4.69) is 25.8 Å². The summed E-state index contributed by atoms with van der Waals surface area (Å²) >= 11 is 1.64. The molecule has 4 rings (SSSR count). The highest BCUT2D eigenvalue weighted by Gasteiger charge is 2.45. The van der Waals surface area contributed by atoms with Crippen LogP contribution in [0.4, 0.5) is 0 Å². The zero-order chi connectivity index (χ0) is 17.1. The number of pyridine rings is 1. The van der Waals surface area contributed by atoms with Crippen LogP contribution in [0.5, 0.6) is 0 Å². The van der Waals surface area contributed by atoms with Crippen molar-refractivity contribution < 1.29 is 4.79 Å². The number of thiazole rings is 1. The maximum absolute atomic E-state index is 12.5. The number of nitrogens with zero attached hydrogens (tertiary/aromatic N) is 4.